The number of rotatable bonds is 5. The predicted octanol–water partition coefficient (Wildman–Crippen LogP) is 1.15. The molecule has 0 spiro atoms. The number of aromatic nitrogens is 2. The first-order valence-corrected chi connectivity index (χ1v) is 6.78. The van der Waals surface area contributed by atoms with Gasteiger partial charge >= 0.3 is 0 Å². The van der Waals surface area contributed by atoms with Crippen molar-refractivity contribution in [1.82, 2.24) is 9.97 Å². The third kappa shape index (κ3) is 4.16. The number of hydrogen-bond acceptors (Lipinski definition) is 4. The van der Waals surface area contributed by atoms with Crippen LogP contribution in [0.15, 0.2) is 40.2 Å². The first-order chi connectivity index (χ1) is 10.6. The highest BCUT2D eigenvalue weighted by Crippen LogP contribution is 2.15. The molecule has 0 radical (unpaired) electrons. The average Bonchev–Trinajstić information content (AvgIpc) is 2.48. The van der Waals surface area contributed by atoms with Crippen LogP contribution in [-0.4, -0.2) is 23.0 Å². The van der Waals surface area contributed by atoms with Crippen LogP contribution in [0.3, 0.4) is 0 Å². The number of para-hydroxylation sites is 1. The van der Waals surface area contributed by atoms with Gasteiger partial charge in [-0.3, -0.25) is 4.79 Å². The maximum atomic E-state index is 11.7. The summed E-state index contributed by atoms with van der Waals surface area (Å²) in [5.74, 6) is 0.792. The second-order valence-corrected chi connectivity index (χ2v) is 4.74. The number of anilines is 1. The van der Waals surface area contributed by atoms with Gasteiger partial charge in [0.15, 0.2) is 5.96 Å². The van der Waals surface area contributed by atoms with E-state index in [1.807, 2.05) is 24.3 Å². The number of guanidine groups is 1. The Balaban J connectivity index is 2.08. The van der Waals surface area contributed by atoms with E-state index in [0.29, 0.717) is 18.0 Å². The quantitative estimate of drug-likeness (QED) is 0.567. The van der Waals surface area contributed by atoms with E-state index < -0.39 is 0 Å². The Hall–Kier alpha value is -2.67. The third-order valence-corrected chi connectivity index (χ3v) is 3.00. The highest BCUT2D eigenvalue weighted by Gasteiger charge is 2.03. The van der Waals surface area contributed by atoms with Gasteiger partial charge in [0.1, 0.15) is 5.82 Å². The minimum Gasteiger partial charge on any atom is -0.380 e. The van der Waals surface area contributed by atoms with Gasteiger partial charge in [-0.1, -0.05) is 18.2 Å². The SMILES string of the molecule is COCc1ccccc1NC(N)=NCc1cnc(C)[nH]c1=O. The molecule has 0 saturated heterocycles. The van der Waals surface area contributed by atoms with Crippen LogP contribution in [0.2, 0.25) is 0 Å². The molecule has 0 aliphatic carbocycles. The van der Waals surface area contributed by atoms with Gasteiger partial charge in [-0.25, -0.2) is 9.98 Å². The Kier molecular flexibility index (Phi) is 5.26. The largest absolute Gasteiger partial charge is 0.380 e. The van der Waals surface area contributed by atoms with Crippen LogP contribution in [0.5, 0.6) is 0 Å². The van der Waals surface area contributed by atoms with Gasteiger partial charge in [0.25, 0.3) is 5.56 Å². The molecule has 2 aromatic rings. The highest BCUT2D eigenvalue weighted by atomic mass is 16.5. The van der Waals surface area contributed by atoms with Gasteiger partial charge in [-0.2, -0.15) is 0 Å². The van der Waals surface area contributed by atoms with Crippen molar-refractivity contribution in [3.05, 3.63) is 57.8 Å². The molecule has 0 aliphatic heterocycles. The van der Waals surface area contributed by atoms with Crippen LogP contribution in [-0.2, 0) is 17.9 Å². The molecule has 0 amide bonds. The second kappa shape index (κ2) is 7.37. The van der Waals surface area contributed by atoms with E-state index >= 15 is 0 Å². The van der Waals surface area contributed by atoms with E-state index in [-0.39, 0.29) is 18.1 Å². The van der Waals surface area contributed by atoms with Crippen molar-refractivity contribution in [2.75, 3.05) is 12.4 Å². The number of ether oxygens (including phenoxy) is 1. The fraction of sp³-hybridized carbons (Fsp3) is 0.267. The maximum Gasteiger partial charge on any atom is 0.255 e. The monoisotopic (exact) mass is 301 g/mol. The number of aryl methyl sites for hydroxylation is 1. The molecule has 1 aromatic carbocycles. The lowest BCUT2D eigenvalue weighted by Crippen LogP contribution is -2.24. The summed E-state index contributed by atoms with van der Waals surface area (Å²) in [6, 6.07) is 7.64. The second-order valence-electron chi connectivity index (χ2n) is 4.74. The van der Waals surface area contributed by atoms with E-state index in [1.165, 1.54) is 6.20 Å². The Morgan fingerprint density at radius 2 is 2.18 bits per heavy atom. The Labute approximate surface area is 128 Å². The first kappa shape index (κ1) is 15.7. The van der Waals surface area contributed by atoms with Gasteiger partial charge in [0.05, 0.1) is 18.7 Å². The standard InChI is InChI=1S/C15H19N5O2/c1-10-17-7-12(14(21)19-10)8-18-15(16)20-13-6-4-3-5-11(13)9-22-2/h3-7H,8-9H2,1-2H3,(H3,16,18,20)(H,17,19,21). The summed E-state index contributed by atoms with van der Waals surface area (Å²) < 4.78 is 5.13. The van der Waals surface area contributed by atoms with Crippen LogP contribution in [0.4, 0.5) is 5.69 Å². The normalized spacial score (nSPS) is 11.5. The van der Waals surface area contributed by atoms with Crippen LogP contribution in [0, 0.1) is 6.92 Å². The number of hydrogen-bond donors (Lipinski definition) is 3. The topological polar surface area (TPSA) is 105 Å². The molecule has 1 heterocycles. The van der Waals surface area contributed by atoms with Crippen LogP contribution in [0.25, 0.3) is 0 Å². The highest BCUT2D eigenvalue weighted by molar-refractivity contribution is 5.92. The van der Waals surface area contributed by atoms with Crippen molar-refractivity contribution in [2.45, 2.75) is 20.1 Å². The van der Waals surface area contributed by atoms with Crippen LogP contribution < -0.4 is 16.6 Å². The zero-order valence-electron chi connectivity index (χ0n) is 12.6. The molecule has 0 atom stereocenters. The van der Waals surface area contributed by atoms with Crippen LogP contribution in [0.1, 0.15) is 17.0 Å². The van der Waals surface area contributed by atoms with E-state index in [1.54, 1.807) is 14.0 Å². The first-order valence-electron chi connectivity index (χ1n) is 6.78. The van der Waals surface area contributed by atoms with Gasteiger partial charge in [0.2, 0.25) is 0 Å². The molecular formula is C15H19N5O2. The molecule has 1 aromatic heterocycles. The number of benzene rings is 1. The molecule has 7 nitrogen and oxygen atoms in total. The van der Waals surface area contributed by atoms with E-state index in [2.05, 4.69) is 20.3 Å². The fourth-order valence-electron chi connectivity index (χ4n) is 1.89. The van der Waals surface area contributed by atoms with Gasteiger partial charge in [0, 0.05) is 24.6 Å². The third-order valence-electron chi connectivity index (χ3n) is 3.00. The Morgan fingerprint density at radius 1 is 1.41 bits per heavy atom. The molecule has 0 aliphatic rings. The smallest absolute Gasteiger partial charge is 0.255 e. The predicted molar refractivity (Wildman–Crippen MR) is 85.7 cm³/mol. The molecular weight excluding hydrogens is 282 g/mol. The summed E-state index contributed by atoms with van der Waals surface area (Å²) in [6.45, 7) is 2.35. The van der Waals surface area contributed by atoms with Gasteiger partial charge in [-0.05, 0) is 13.0 Å². The van der Waals surface area contributed by atoms with Gasteiger partial charge < -0.3 is 20.8 Å². The molecule has 0 unspecified atom stereocenters. The molecule has 0 saturated carbocycles. The van der Waals surface area contributed by atoms with E-state index in [9.17, 15) is 4.79 Å². The van der Waals surface area contributed by atoms with Crippen molar-refractivity contribution in [3.8, 4) is 0 Å². The Morgan fingerprint density at radius 3 is 2.91 bits per heavy atom. The number of methoxy groups -OCH3 is 1. The van der Waals surface area contributed by atoms with Crippen molar-refractivity contribution in [1.29, 1.82) is 0 Å². The maximum absolute atomic E-state index is 11.7. The van der Waals surface area contributed by atoms with Crippen molar-refractivity contribution >= 4 is 11.6 Å². The molecule has 7 heteroatoms. The minimum absolute atomic E-state index is 0.161. The lowest BCUT2D eigenvalue weighted by molar-refractivity contribution is 0.185. The molecule has 22 heavy (non-hydrogen) atoms. The lowest BCUT2D eigenvalue weighted by atomic mass is 10.2. The average molecular weight is 301 g/mol. The van der Waals surface area contributed by atoms with Crippen molar-refractivity contribution < 1.29 is 4.74 Å². The van der Waals surface area contributed by atoms with Gasteiger partial charge in [-0.15, -0.1) is 0 Å². The number of aromatic amines is 1. The van der Waals surface area contributed by atoms with Crippen molar-refractivity contribution in [3.63, 3.8) is 0 Å². The summed E-state index contributed by atoms with van der Waals surface area (Å²) in [5, 5.41) is 3.01. The summed E-state index contributed by atoms with van der Waals surface area (Å²) in [7, 11) is 1.63. The number of H-pyrrole nitrogens is 1. The Bertz CT molecular complexity index is 724. The lowest BCUT2D eigenvalue weighted by Gasteiger charge is -2.10. The minimum atomic E-state index is -0.205. The molecule has 116 valence electrons. The summed E-state index contributed by atoms with van der Waals surface area (Å²) in [6.07, 6.45) is 1.50. The molecule has 0 bridgehead atoms. The summed E-state index contributed by atoms with van der Waals surface area (Å²) in [4.78, 5) is 22.5. The van der Waals surface area contributed by atoms with Crippen LogP contribution >= 0.6 is 0 Å². The van der Waals surface area contributed by atoms with E-state index in [0.717, 1.165) is 11.3 Å². The zero-order valence-corrected chi connectivity index (χ0v) is 12.6. The molecule has 0 fully saturated rings. The molecule has 4 N–H and O–H groups in total. The number of nitrogens with one attached hydrogen (secondary N) is 2. The van der Waals surface area contributed by atoms with Crippen molar-refractivity contribution in [2.24, 2.45) is 10.7 Å². The number of nitrogens with two attached hydrogens (primary N) is 1. The number of nitrogens with zero attached hydrogens (tertiary/aromatic N) is 2. The fourth-order valence-corrected chi connectivity index (χ4v) is 1.89. The van der Waals surface area contributed by atoms with E-state index in [4.69, 9.17) is 10.5 Å². The zero-order chi connectivity index (χ0) is 15.9. The molecule has 2 rings (SSSR count). The summed E-state index contributed by atoms with van der Waals surface area (Å²) in [5.41, 5.74) is 7.91. The number of aliphatic imine (C=N–C) groups is 1. The summed E-state index contributed by atoms with van der Waals surface area (Å²) >= 11 is 0.